The zero-order chi connectivity index (χ0) is 12.3. The Morgan fingerprint density at radius 1 is 1.71 bits per heavy atom. The molecule has 1 aromatic rings. The average Bonchev–Trinajstić information content (AvgIpc) is 3.05. The second-order valence-electron chi connectivity index (χ2n) is 4.37. The molecule has 1 saturated carbocycles. The van der Waals surface area contributed by atoms with Gasteiger partial charge in [-0.15, -0.1) is 11.3 Å². The normalized spacial score (nSPS) is 16.2. The molecule has 17 heavy (non-hydrogen) atoms. The zero-order valence-corrected chi connectivity index (χ0v) is 10.7. The van der Waals surface area contributed by atoms with E-state index in [1.54, 1.807) is 11.3 Å². The Bertz CT molecular complexity index is 417. The molecule has 2 rings (SSSR count). The first kappa shape index (κ1) is 12.1. The van der Waals surface area contributed by atoms with Crippen molar-refractivity contribution in [3.63, 3.8) is 0 Å². The first-order valence-electron chi connectivity index (χ1n) is 5.98. The van der Waals surface area contributed by atoms with Crippen molar-refractivity contribution in [2.75, 3.05) is 0 Å². The van der Waals surface area contributed by atoms with Crippen molar-refractivity contribution in [1.82, 2.24) is 4.90 Å². The van der Waals surface area contributed by atoms with Crippen molar-refractivity contribution in [2.24, 2.45) is 5.92 Å². The molecular formula is C13H16N2OS. The van der Waals surface area contributed by atoms with Crippen LogP contribution in [0.15, 0.2) is 17.5 Å². The predicted molar refractivity (Wildman–Crippen MR) is 67.3 cm³/mol. The number of nitriles is 1. The largest absolute Gasteiger partial charge is 0.333 e. The van der Waals surface area contributed by atoms with Crippen LogP contribution in [-0.4, -0.2) is 16.8 Å². The van der Waals surface area contributed by atoms with Crippen LogP contribution in [0.2, 0.25) is 0 Å². The highest BCUT2D eigenvalue weighted by atomic mass is 32.1. The molecular weight excluding hydrogens is 232 g/mol. The molecule has 3 nitrogen and oxygen atoms in total. The number of nitrogens with zero attached hydrogens (tertiary/aromatic N) is 2. The van der Waals surface area contributed by atoms with Gasteiger partial charge in [-0.25, -0.2) is 0 Å². The van der Waals surface area contributed by atoms with Gasteiger partial charge in [-0.1, -0.05) is 13.0 Å². The summed E-state index contributed by atoms with van der Waals surface area (Å²) in [5.74, 6) is -0.471. The lowest BCUT2D eigenvalue weighted by atomic mass is 10.1. The summed E-state index contributed by atoms with van der Waals surface area (Å²) in [4.78, 5) is 15.3. The van der Waals surface area contributed by atoms with E-state index in [1.165, 1.54) is 4.88 Å². The second-order valence-corrected chi connectivity index (χ2v) is 5.40. The summed E-state index contributed by atoms with van der Waals surface area (Å²) in [6.45, 7) is 2.56. The van der Waals surface area contributed by atoms with E-state index in [-0.39, 0.29) is 5.91 Å². The summed E-state index contributed by atoms with van der Waals surface area (Å²) < 4.78 is 0. The first-order chi connectivity index (χ1) is 8.26. The van der Waals surface area contributed by atoms with E-state index >= 15 is 0 Å². The zero-order valence-electron chi connectivity index (χ0n) is 9.93. The van der Waals surface area contributed by atoms with E-state index < -0.39 is 5.92 Å². The lowest BCUT2D eigenvalue weighted by Crippen LogP contribution is -2.36. The van der Waals surface area contributed by atoms with Crippen LogP contribution >= 0.6 is 11.3 Å². The van der Waals surface area contributed by atoms with E-state index in [0.29, 0.717) is 19.0 Å². The molecule has 0 radical (unpaired) electrons. The Morgan fingerprint density at radius 3 is 2.94 bits per heavy atom. The SMILES string of the molecule is CCC(C#N)C(=O)N(Cc1cccs1)C1CC1. The van der Waals surface area contributed by atoms with E-state index in [4.69, 9.17) is 5.26 Å². The number of amides is 1. The minimum atomic E-state index is -0.476. The fraction of sp³-hybridized carbons (Fsp3) is 0.538. The van der Waals surface area contributed by atoms with Gasteiger partial charge in [0, 0.05) is 10.9 Å². The van der Waals surface area contributed by atoms with Crippen LogP contribution in [0.5, 0.6) is 0 Å². The third-order valence-corrected chi connectivity index (χ3v) is 3.90. The molecule has 0 bridgehead atoms. The van der Waals surface area contributed by atoms with Gasteiger partial charge in [0.15, 0.2) is 0 Å². The van der Waals surface area contributed by atoms with Crippen molar-refractivity contribution < 1.29 is 4.79 Å². The van der Waals surface area contributed by atoms with Crippen LogP contribution in [0.1, 0.15) is 31.1 Å². The van der Waals surface area contributed by atoms with Gasteiger partial charge >= 0.3 is 0 Å². The highest BCUT2D eigenvalue weighted by Gasteiger charge is 2.35. The van der Waals surface area contributed by atoms with Gasteiger partial charge in [-0.2, -0.15) is 5.26 Å². The molecule has 1 aromatic heterocycles. The number of hydrogen-bond acceptors (Lipinski definition) is 3. The Labute approximate surface area is 106 Å². The number of carbonyl (C=O) groups excluding carboxylic acids is 1. The lowest BCUT2D eigenvalue weighted by Gasteiger charge is -2.23. The van der Waals surface area contributed by atoms with E-state index in [0.717, 1.165) is 12.8 Å². The lowest BCUT2D eigenvalue weighted by molar-refractivity contribution is -0.135. The molecule has 1 atom stereocenters. The summed E-state index contributed by atoms with van der Waals surface area (Å²) in [6, 6.07) is 6.51. The Morgan fingerprint density at radius 2 is 2.47 bits per heavy atom. The first-order valence-corrected chi connectivity index (χ1v) is 6.86. The van der Waals surface area contributed by atoms with Crippen LogP contribution in [-0.2, 0) is 11.3 Å². The summed E-state index contributed by atoms with van der Waals surface area (Å²) in [6.07, 6.45) is 2.76. The van der Waals surface area contributed by atoms with Crippen molar-refractivity contribution in [2.45, 2.75) is 38.8 Å². The van der Waals surface area contributed by atoms with E-state index in [9.17, 15) is 4.79 Å². The number of hydrogen-bond donors (Lipinski definition) is 0. The standard InChI is InChI=1S/C13H16N2OS/c1-2-10(8-14)13(16)15(11-5-6-11)9-12-4-3-7-17-12/h3-4,7,10-11H,2,5-6,9H2,1H3. The fourth-order valence-electron chi connectivity index (χ4n) is 1.86. The quantitative estimate of drug-likeness (QED) is 0.804. The second kappa shape index (κ2) is 5.33. The van der Waals surface area contributed by atoms with Crippen LogP contribution in [0, 0.1) is 17.2 Å². The van der Waals surface area contributed by atoms with Gasteiger partial charge in [0.2, 0.25) is 5.91 Å². The monoisotopic (exact) mass is 248 g/mol. The van der Waals surface area contributed by atoms with Crippen LogP contribution in [0.4, 0.5) is 0 Å². The molecule has 0 aliphatic heterocycles. The average molecular weight is 248 g/mol. The fourth-order valence-corrected chi connectivity index (χ4v) is 2.57. The van der Waals surface area contributed by atoms with Crippen LogP contribution in [0.25, 0.3) is 0 Å². The highest BCUT2D eigenvalue weighted by molar-refractivity contribution is 7.09. The van der Waals surface area contributed by atoms with Gasteiger partial charge in [0.25, 0.3) is 0 Å². The van der Waals surface area contributed by atoms with E-state index in [2.05, 4.69) is 6.07 Å². The van der Waals surface area contributed by atoms with Crippen molar-refractivity contribution in [3.05, 3.63) is 22.4 Å². The molecule has 0 N–H and O–H groups in total. The molecule has 1 amide bonds. The van der Waals surface area contributed by atoms with Crippen LogP contribution < -0.4 is 0 Å². The molecule has 1 unspecified atom stereocenters. The predicted octanol–water partition coefficient (Wildman–Crippen LogP) is 2.79. The summed E-state index contributed by atoms with van der Waals surface area (Å²) in [5.41, 5.74) is 0. The third kappa shape index (κ3) is 2.86. The minimum absolute atomic E-state index is 0.00546. The number of rotatable bonds is 5. The molecule has 1 aliphatic rings. The van der Waals surface area contributed by atoms with Crippen molar-refractivity contribution >= 4 is 17.2 Å². The molecule has 1 heterocycles. The van der Waals surface area contributed by atoms with Crippen molar-refractivity contribution in [1.29, 1.82) is 5.26 Å². The summed E-state index contributed by atoms with van der Waals surface area (Å²) in [5, 5.41) is 11.0. The number of carbonyl (C=O) groups is 1. The summed E-state index contributed by atoms with van der Waals surface area (Å²) in [7, 11) is 0. The maximum Gasteiger partial charge on any atom is 0.240 e. The molecule has 1 fully saturated rings. The van der Waals surface area contributed by atoms with Gasteiger partial charge in [0.05, 0.1) is 12.6 Å². The van der Waals surface area contributed by atoms with Gasteiger partial charge < -0.3 is 4.90 Å². The maximum absolute atomic E-state index is 12.2. The molecule has 0 spiro atoms. The van der Waals surface area contributed by atoms with Crippen LogP contribution in [0.3, 0.4) is 0 Å². The smallest absolute Gasteiger partial charge is 0.240 e. The highest BCUT2D eigenvalue weighted by Crippen LogP contribution is 2.30. The number of thiophene rings is 1. The third-order valence-electron chi connectivity index (χ3n) is 3.04. The Kier molecular flexibility index (Phi) is 3.80. The Balaban J connectivity index is 2.07. The van der Waals surface area contributed by atoms with Crippen molar-refractivity contribution in [3.8, 4) is 6.07 Å². The van der Waals surface area contributed by atoms with Gasteiger partial charge in [-0.05, 0) is 30.7 Å². The minimum Gasteiger partial charge on any atom is -0.333 e. The topological polar surface area (TPSA) is 44.1 Å². The molecule has 4 heteroatoms. The van der Waals surface area contributed by atoms with Gasteiger partial charge in [0.1, 0.15) is 5.92 Å². The van der Waals surface area contributed by atoms with Gasteiger partial charge in [-0.3, -0.25) is 4.79 Å². The molecule has 1 aliphatic carbocycles. The maximum atomic E-state index is 12.2. The molecule has 0 saturated heterocycles. The molecule has 0 aromatic carbocycles. The molecule has 90 valence electrons. The summed E-state index contributed by atoms with van der Waals surface area (Å²) >= 11 is 1.66. The Hall–Kier alpha value is -1.34. The van der Waals surface area contributed by atoms with E-state index in [1.807, 2.05) is 29.3 Å².